The highest BCUT2D eigenvalue weighted by molar-refractivity contribution is 5.71. The van der Waals surface area contributed by atoms with Crippen LogP contribution in [0, 0.1) is 0 Å². The van der Waals surface area contributed by atoms with Crippen LogP contribution in [0.5, 0.6) is 0 Å². The van der Waals surface area contributed by atoms with Gasteiger partial charge in [0, 0.05) is 19.3 Å². The summed E-state index contributed by atoms with van der Waals surface area (Å²) in [7, 11) is 0. The molecule has 0 heterocycles. The number of hydrogen-bond acceptors (Lipinski definition) is 6. The molecule has 1 atom stereocenters. The van der Waals surface area contributed by atoms with Gasteiger partial charge in [-0.25, -0.2) is 0 Å². The third-order valence-corrected chi connectivity index (χ3v) is 14.1. The molecular formula is C70H122O6. The summed E-state index contributed by atoms with van der Waals surface area (Å²) in [4.78, 5) is 38.3. The van der Waals surface area contributed by atoms with E-state index < -0.39 is 6.10 Å². The second-order valence-corrected chi connectivity index (χ2v) is 21.6. The molecule has 438 valence electrons. The minimum atomic E-state index is -0.786. The molecule has 0 radical (unpaired) electrons. The maximum Gasteiger partial charge on any atom is 0.306 e. The van der Waals surface area contributed by atoms with Crippen molar-refractivity contribution in [1.29, 1.82) is 0 Å². The van der Waals surface area contributed by atoms with Crippen LogP contribution in [0.1, 0.15) is 323 Å². The van der Waals surface area contributed by atoms with Gasteiger partial charge in [-0.2, -0.15) is 0 Å². The monoisotopic (exact) mass is 1060 g/mol. The van der Waals surface area contributed by atoms with E-state index in [1.54, 1.807) is 0 Å². The number of carbonyl (C=O) groups excluding carboxylic acids is 3. The van der Waals surface area contributed by atoms with Crippen LogP contribution < -0.4 is 0 Å². The largest absolute Gasteiger partial charge is 0.462 e. The second kappa shape index (κ2) is 64.1. The minimum Gasteiger partial charge on any atom is -0.462 e. The van der Waals surface area contributed by atoms with Gasteiger partial charge < -0.3 is 14.2 Å². The summed E-state index contributed by atoms with van der Waals surface area (Å²) < 4.78 is 16.9. The van der Waals surface area contributed by atoms with Crippen molar-refractivity contribution in [2.45, 2.75) is 329 Å². The van der Waals surface area contributed by atoms with E-state index >= 15 is 0 Å². The summed E-state index contributed by atoms with van der Waals surface area (Å²) in [6, 6.07) is 0. The fourth-order valence-electron chi connectivity index (χ4n) is 9.27. The normalized spacial score (nSPS) is 12.6. The van der Waals surface area contributed by atoms with Crippen molar-refractivity contribution in [2.24, 2.45) is 0 Å². The van der Waals surface area contributed by atoms with Gasteiger partial charge in [-0.05, 0) is 96.3 Å². The highest BCUT2D eigenvalue weighted by Gasteiger charge is 2.19. The van der Waals surface area contributed by atoms with Crippen molar-refractivity contribution in [2.75, 3.05) is 13.2 Å². The number of allylic oxidation sites excluding steroid dienone is 14. The highest BCUT2D eigenvalue weighted by Crippen LogP contribution is 2.16. The molecule has 0 rings (SSSR count). The Kier molecular flexibility index (Phi) is 61.2. The van der Waals surface area contributed by atoms with E-state index in [-0.39, 0.29) is 31.1 Å². The first kappa shape index (κ1) is 72.6. The summed E-state index contributed by atoms with van der Waals surface area (Å²) in [6.07, 6.45) is 84.4. The van der Waals surface area contributed by atoms with Gasteiger partial charge in [0.25, 0.3) is 0 Å². The quantitative estimate of drug-likeness (QED) is 0.0261. The van der Waals surface area contributed by atoms with E-state index in [1.165, 1.54) is 173 Å². The smallest absolute Gasteiger partial charge is 0.306 e. The van der Waals surface area contributed by atoms with E-state index in [2.05, 4.69) is 106 Å². The number of rotatable bonds is 59. The Labute approximate surface area is 471 Å². The van der Waals surface area contributed by atoms with E-state index in [0.717, 1.165) is 109 Å². The Balaban J connectivity index is 4.35. The van der Waals surface area contributed by atoms with Crippen molar-refractivity contribution < 1.29 is 28.6 Å². The second-order valence-electron chi connectivity index (χ2n) is 21.6. The Morgan fingerprint density at radius 2 is 0.513 bits per heavy atom. The first-order valence-corrected chi connectivity index (χ1v) is 32.6. The first-order chi connectivity index (χ1) is 37.5. The zero-order valence-electron chi connectivity index (χ0n) is 50.3. The summed E-state index contributed by atoms with van der Waals surface area (Å²) in [5.41, 5.74) is 0. The standard InChI is InChI=1S/C70H122O6/c1-4-7-10-13-16-19-22-25-28-30-32-33-34-35-36-37-39-40-42-45-48-51-54-57-60-63-69(72)75-66-67(65-74-68(71)62-59-56-53-50-47-44-27-24-21-18-15-12-9-6-3)76-70(73)64-61-58-55-52-49-46-43-41-38-31-29-26-23-20-17-14-11-8-5-2/h8,11,17,20,22,25-26,29-30,32,34-35,38,41,67H,4-7,9-10,12-16,18-19,21,23-24,27-28,31,33,36-37,39-40,42-66H2,1-3H3/b11-8-,20-17-,25-22-,29-26-,32-30-,35-34-,41-38-. The molecule has 0 spiro atoms. The summed E-state index contributed by atoms with van der Waals surface area (Å²) in [6.45, 7) is 6.54. The fourth-order valence-corrected chi connectivity index (χ4v) is 9.27. The van der Waals surface area contributed by atoms with Gasteiger partial charge in [0.15, 0.2) is 6.10 Å². The van der Waals surface area contributed by atoms with Gasteiger partial charge in [-0.1, -0.05) is 292 Å². The van der Waals surface area contributed by atoms with Crippen molar-refractivity contribution in [3.63, 3.8) is 0 Å². The third-order valence-electron chi connectivity index (χ3n) is 14.1. The Hall–Kier alpha value is -3.41. The predicted molar refractivity (Wildman–Crippen MR) is 330 cm³/mol. The molecule has 0 aromatic rings. The topological polar surface area (TPSA) is 78.9 Å². The maximum atomic E-state index is 12.9. The average Bonchev–Trinajstić information content (AvgIpc) is 3.42. The Morgan fingerprint density at radius 1 is 0.276 bits per heavy atom. The maximum absolute atomic E-state index is 12.9. The van der Waals surface area contributed by atoms with Gasteiger partial charge in [-0.15, -0.1) is 0 Å². The molecule has 0 aliphatic rings. The van der Waals surface area contributed by atoms with Gasteiger partial charge in [0.2, 0.25) is 0 Å². The zero-order chi connectivity index (χ0) is 55.0. The molecule has 0 saturated heterocycles. The lowest BCUT2D eigenvalue weighted by Gasteiger charge is -2.18. The van der Waals surface area contributed by atoms with Crippen molar-refractivity contribution in [3.8, 4) is 0 Å². The van der Waals surface area contributed by atoms with Crippen molar-refractivity contribution >= 4 is 17.9 Å². The molecular weight excluding hydrogens is 937 g/mol. The number of unbranched alkanes of at least 4 members (excludes halogenated alkanes) is 34. The summed E-state index contributed by atoms with van der Waals surface area (Å²) >= 11 is 0. The van der Waals surface area contributed by atoms with Crippen LogP contribution in [-0.2, 0) is 28.6 Å². The van der Waals surface area contributed by atoms with Crippen LogP contribution in [-0.4, -0.2) is 37.2 Å². The molecule has 0 fully saturated rings. The average molecular weight is 1060 g/mol. The van der Waals surface area contributed by atoms with Gasteiger partial charge >= 0.3 is 17.9 Å². The summed E-state index contributed by atoms with van der Waals surface area (Å²) in [5.74, 6) is -0.885. The molecule has 6 nitrogen and oxygen atoms in total. The van der Waals surface area contributed by atoms with Crippen LogP contribution in [0.25, 0.3) is 0 Å². The molecule has 0 aromatic carbocycles. The number of esters is 3. The molecule has 0 aliphatic carbocycles. The Bertz CT molecular complexity index is 1450. The van der Waals surface area contributed by atoms with Gasteiger partial charge in [0.1, 0.15) is 13.2 Å². The van der Waals surface area contributed by atoms with E-state index in [1.807, 2.05) is 0 Å². The van der Waals surface area contributed by atoms with Crippen molar-refractivity contribution in [3.05, 3.63) is 85.1 Å². The summed E-state index contributed by atoms with van der Waals surface area (Å²) in [5, 5.41) is 0. The lowest BCUT2D eigenvalue weighted by Crippen LogP contribution is -2.30. The van der Waals surface area contributed by atoms with Crippen molar-refractivity contribution in [1.82, 2.24) is 0 Å². The molecule has 6 heteroatoms. The van der Waals surface area contributed by atoms with E-state index in [9.17, 15) is 14.4 Å². The van der Waals surface area contributed by atoms with Crippen LogP contribution in [0.15, 0.2) is 85.1 Å². The molecule has 0 saturated carbocycles. The van der Waals surface area contributed by atoms with E-state index in [0.29, 0.717) is 19.3 Å². The molecule has 0 aliphatic heterocycles. The van der Waals surface area contributed by atoms with Crippen LogP contribution in [0.4, 0.5) is 0 Å². The molecule has 0 aromatic heterocycles. The minimum absolute atomic E-state index is 0.0809. The molecule has 0 bridgehead atoms. The number of hydrogen-bond donors (Lipinski definition) is 0. The predicted octanol–water partition coefficient (Wildman–Crippen LogP) is 22.3. The van der Waals surface area contributed by atoms with Gasteiger partial charge in [-0.3, -0.25) is 14.4 Å². The van der Waals surface area contributed by atoms with Crippen LogP contribution in [0.2, 0.25) is 0 Å². The Morgan fingerprint density at radius 3 is 0.803 bits per heavy atom. The zero-order valence-corrected chi connectivity index (χ0v) is 50.3. The molecule has 0 amide bonds. The first-order valence-electron chi connectivity index (χ1n) is 32.6. The fraction of sp³-hybridized carbons (Fsp3) is 0.757. The number of ether oxygens (including phenoxy) is 3. The molecule has 1 unspecified atom stereocenters. The van der Waals surface area contributed by atoms with Crippen LogP contribution in [0.3, 0.4) is 0 Å². The van der Waals surface area contributed by atoms with Gasteiger partial charge in [0.05, 0.1) is 0 Å². The SMILES string of the molecule is CC/C=C\C/C=C\C/C=C\C/C=C\CCCCCCCCC(=O)OC(COC(=O)CCCCCCCCCCCC/C=C\C/C=C\C/C=C\CCCCCCC)COC(=O)CCCCCCCCCCCCCCCC. The number of carbonyl (C=O) groups is 3. The van der Waals surface area contributed by atoms with E-state index in [4.69, 9.17) is 14.2 Å². The molecule has 76 heavy (non-hydrogen) atoms. The highest BCUT2D eigenvalue weighted by atomic mass is 16.6. The third kappa shape index (κ3) is 61.4. The molecule has 0 N–H and O–H groups in total. The van der Waals surface area contributed by atoms with Crippen LogP contribution >= 0.6 is 0 Å². The lowest BCUT2D eigenvalue weighted by atomic mass is 10.0. The lowest BCUT2D eigenvalue weighted by molar-refractivity contribution is -0.167.